The molecule has 9 nitrogen and oxygen atoms in total. The van der Waals surface area contributed by atoms with Crippen molar-refractivity contribution < 1.29 is 27.5 Å². The number of carbonyl (C=O) groups excluding carboxylic acids is 3. The third-order valence-electron chi connectivity index (χ3n) is 4.78. The molecular formula is C24H31N3O6S. The van der Waals surface area contributed by atoms with Crippen molar-refractivity contribution in [3.8, 4) is 0 Å². The smallest absolute Gasteiger partial charge is 0.408 e. The Labute approximate surface area is 200 Å². The van der Waals surface area contributed by atoms with Crippen molar-refractivity contribution in [3.05, 3.63) is 65.7 Å². The number of ether oxygens (including phenoxy) is 1. The molecule has 0 aliphatic heterocycles. The van der Waals surface area contributed by atoms with Crippen molar-refractivity contribution in [2.24, 2.45) is 5.92 Å². The van der Waals surface area contributed by atoms with Crippen LogP contribution in [0.4, 0.5) is 4.79 Å². The van der Waals surface area contributed by atoms with Crippen molar-refractivity contribution in [1.29, 1.82) is 0 Å². The maximum Gasteiger partial charge on any atom is 0.408 e. The molecule has 3 N–H and O–H groups in total. The normalized spacial score (nSPS) is 12.1. The fraction of sp³-hybridized carbons (Fsp3) is 0.375. The number of carbonyl (C=O) groups is 3. The first-order chi connectivity index (χ1) is 16.1. The average Bonchev–Trinajstić information content (AvgIpc) is 2.80. The lowest BCUT2D eigenvalue weighted by Gasteiger charge is -2.20. The molecule has 0 aliphatic rings. The van der Waals surface area contributed by atoms with E-state index in [2.05, 4.69) is 15.4 Å². The summed E-state index contributed by atoms with van der Waals surface area (Å²) < 4.78 is 32.0. The number of alkyl carbamates (subject to hydrolysis) is 1. The molecule has 0 saturated carbocycles. The first kappa shape index (κ1) is 27.0. The van der Waals surface area contributed by atoms with Gasteiger partial charge in [-0.05, 0) is 37.0 Å². The van der Waals surface area contributed by atoms with Crippen LogP contribution in [0.15, 0.2) is 59.5 Å². The molecule has 0 aromatic heterocycles. The van der Waals surface area contributed by atoms with Gasteiger partial charge in [0.05, 0.1) is 18.0 Å². The van der Waals surface area contributed by atoms with Gasteiger partial charge in [0.25, 0.3) is 0 Å². The number of hydrogen-bond acceptors (Lipinski definition) is 6. The van der Waals surface area contributed by atoms with E-state index in [1.807, 2.05) is 51.1 Å². The van der Waals surface area contributed by atoms with Gasteiger partial charge >= 0.3 is 6.09 Å². The largest absolute Gasteiger partial charge is 0.445 e. The van der Waals surface area contributed by atoms with E-state index in [9.17, 15) is 22.8 Å². The molecule has 10 heteroatoms. The van der Waals surface area contributed by atoms with E-state index in [0.29, 0.717) is 6.42 Å². The quantitative estimate of drug-likeness (QED) is 0.419. The molecule has 0 spiro atoms. The minimum atomic E-state index is -3.85. The molecule has 0 bridgehead atoms. The Kier molecular flexibility index (Phi) is 10.2. The van der Waals surface area contributed by atoms with Crippen molar-refractivity contribution in [1.82, 2.24) is 15.4 Å². The highest BCUT2D eigenvalue weighted by molar-refractivity contribution is 7.89. The van der Waals surface area contributed by atoms with Gasteiger partial charge in [0.2, 0.25) is 15.9 Å². The monoisotopic (exact) mass is 489 g/mol. The summed E-state index contributed by atoms with van der Waals surface area (Å²) in [6.45, 7) is 4.82. The highest BCUT2D eigenvalue weighted by atomic mass is 32.2. The lowest BCUT2D eigenvalue weighted by atomic mass is 10.0. The van der Waals surface area contributed by atoms with Gasteiger partial charge in [-0.25, -0.2) is 17.9 Å². The van der Waals surface area contributed by atoms with Crippen LogP contribution < -0.4 is 15.4 Å². The van der Waals surface area contributed by atoms with E-state index in [0.717, 1.165) is 11.1 Å². The highest BCUT2D eigenvalue weighted by Gasteiger charge is 2.23. The Morgan fingerprint density at radius 1 is 0.941 bits per heavy atom. The summed E-state index contributed by atoms with van der Waals surface area (Å²) in [6.07, 6.45) is -0.414. The molecule has 0 saturated heterocycles. The number of hydrogen-bond donors (Lipinski definition) is 3. The zero-order chi connectivity index (χ0) is 25.1. The number of benzene rings is 2. The first-order valence-corrected chi connectivity index (χ1v) is 12.4. The predicted molar refractivity (Wildman–Crippen MR) is 127 cm³/mol. The second-order valence-electron chi connectivity index (χ2n) is 8.28. The Bertz CT molecular complexity index is 1070. The molecule has 184 valence electrons. The Morgan fingerprint density at radius 2 is 1.59 bits per heavy atom. The number of rotatable bonds is 12. The van der Waals surface area contributed by atoms with Crippen LogP contribution in [0.3, 0.4) is 0 Å². The van der Waals surface area contributed by atoms with E-state index in [1.54, 1.807) is 12.1 Å². The van der Waals surface area contributed by atoms with Crippen molar-refractivity contribution in [2.75, 3.05) is 13.1 Å². The number of nitrogens with one attached hydrogen (secondary N) is 3. The fourth-order valence-electron chi connectivity index (χ4n) is 2.96. The molecule has 34 heavy (non-hydrogen) atoms. The summed E-state index contributed by atoms with van der Waals surface area (Å²) in [6, 6.07) is 14.4. The average molecular weight is 490 g/mol. The molecule has 2 aromatic rings. The van der Waals surface area contributed by atoms with Crippen LogP contribution in [0.25, 0.3) is 0 Å². The number of Topliss-reactive ketones (excluding diaryl/α,β-unsaturated/α-hetero) is 1. The van der Waals surface area contributed by atoms with Crippen LogP contribution in [0.2, 0.25) is 0 Å². The van der Waals surface area contributed by atoms with Gasteiger partial charge in [-0.15, -0.1) is 0 Å². The minimum absolute atomic E-state index is 0.0464. The third-order valence-corrected chi connectivity index (χ3v) is 6.20. The molecule has 0 radical (unpaired) electrons. The second kappa shape index (κ2) is 12.9. The molecule has 2 aromatic carbocycles. The SMILES string of the molecule is Cc1ccc(S(=O)(=O)NCC(=O)CNC(=O)[C@H](CC(C)C)NC(=O)OCc2ccccc2)cc1. The number of aryl methyl sites for hydroxylation is 1. The summed E-state index contributed by atoms with van der Waals surface area (Å²) in [5.41, 5.74) is 1.72. The predicted octanol–water partition coefficient (Wildman–Crippen LogP) is 2.30. The lowest BCUT2D eigenvalue weighted by molar-refractivity contribution is -0.126. The molecule has 2 rings (SSSR count). The molecular weight excluding hydrogens is 458 g/mol. The van der Waals surface area contributed by atoms with Crippen LogP contribution in [-0.4, -0.2) is 45.3 Å². The van der Waals surface area contributed by atoms with Crippen molar-refractivity contribution in [3.63, 3.8) is 0 Å². The summed E-state index contributed by atoms with van der Waals surface area (Å²) in [5, 5.41) is 4.99. The molecule has 2 amide bonds. The number of ketones is 1. The third kappa shape index (κ3) is 9.32. The van der Waals surface area contributed by atoms with Crippen LogP contribution in [0.1, 0.15) is 31.4 Å². The van der Waals surface area contributed by atoms with Gasteiger partial charge in [-0.2, -0.15) is 0 Å². The van der Waals surface area contributed by atoms with Gasteiger partial charge in [0, 0.05) is 0 Å². The zero-order valence-corrected chi connectivity index (χ0v) is 20.4. The van der Waals surface area contributed by atoms with Gasteiger partial charge in [0.1, 0.15) is 12.6 Å². The van der Waals surface area contributed by atoms with E-state index in [1.165, 1.54) is 12.1 Å². The van der Waals surface area contributed by atoms with Gasteiger partial charge in [-0.3, -0.25) is 9.59 Å². The summed E-state index contributed by atoms with van der Waals surface area (Å²) in [7, 11) is -3.85. The molecule has 0 fully saturated rings. The van der Waals surface area contributed by atoms with Crippen molar-refractivity contribution >= 4 is 27.8 Å². The molecule has 0 aliphatic carbocycles. The first-order valence-electron chi connectivity index (χ1n) is 10.9. The van der Waals surface area contributed by atoms with Crippen molar-refractivity contribution in [2.45, 2.75) is 44.7 Å². The second-order valence-corrected chi connectivity index (χ2v) is 10.0. The van der Waals surface area contributed by atoms with E-state index >= 15 is 0 Å². The summed E-state index contributed by atoms with van der Waals surface area (Å²) in [4.78, 5) is 36.9. The standard InChI is InChI=1S/C24H31N3O6S/c1-17(2)13-22(27-24(30)33-16-19-7-5-4-6-8-19)23(29)25-14-20(28)15-26-34(31,32)21-11-9-18(3)10-12-21/h4-12,17,22,26H,13-16H2,1-3H3,(H,25,29)(H,27,30)/t22-/m0/s1. The van der Waals surface area contributed by atoms with Gasteiger partial charge in [-0.1, -0.05) is 61.9 Å². The Hall–Kier alpha value is -3.24. The maximum atomic E-state index is 12.6. The molecule has 0 unspecified atom stereocenters. The van der Waals surface area contributed by atoms with E-state index in [-0.39, 0.29) is 24.0 Å². The summed E-state index contributed by atoms with van der Waals surface area (Å²) >= 11 is 0. The fourth-order valence-corrected chi connectivity index (χ4v) is 3.97. The highest BCUT2D eigenvalue weighted by Crippen LogP contribution is 2.10. The topological polar surface area (TPSA) is 131 Å². The van der Waals surface area contributed by atoms with Gasteiger partial charge < -0.3 is 15.4 Å². The van der Waals surface area contributed by atoms with Crippen LogP contribution in [0.5, 0.6) is 0 Å². The van der Waals surface area contributed by atoms with Crippen LogP contribution >= 0.6 is 0 Å². The Balaban J connectivity index is 1.83. The summed E-state index contributed by atoms with van der Waals surface area (Å²) in [5.74, 6) is -0.999. The van der Waals surface area contributed by atoms with Crippen LogP contribution in [-0.2, 0) is 31.0 Å². The van der Waals surface area contributed by atoms with E-state index in [4.69, 9.17) is 4.74 Å². The maximum absolute atomic E-state index is 12.6. The van der Waals surface area contributed by atoms with E-state index < -0.39 is 40.4 Å². The van der Waals surface area contributed by atoms with Gasteiger partial charge in [0.15, 0.2) is 5.78 Å². The van der Waals surface area contributed by atoms with Crippen LogP contribution in [0, 0.1) is 12.8 Å². The number of sulfonamides is 1. The molecule has 1 atom stereocenters. The molecule has 0 heterocycles. The lowest BCUT2D eigenvalue weighted by Crippen LogP contribution is -2.49. The zero-order valence-electron chi connectivity index (χ0n) is 19.5. The Morgan fingerprint density at radius 3 is 2.21 bits per heavy atom. The number of amides is 2. The minimum Gasteiger partial charge on any atom is -0.445 e.